The lowest BCUT2D eigenvalue weighted by Gasteiger charge is -2.16. The van der Waals surface area contributed by atoms with E-state index in [2.05, 4.69) is 19.0 Å². The van der Waals surface area contributed by atoms with E-state index in [0.29, 0.717) is 0 Å². The van der Waals surface area contributed by atoms with Gasteiger partial charge in [0.2, 0.25) is 0 Å². The van der Waals surface area contributed by atoms with Crippen molar-refractivity contribution in [2.24, 2.45) is 5.16 Å². The maximum Gasteiger partial charge on any atom is 0.0826 e. The molecule has 0 aromatic rings. The summed E-state index contributed by atoms with van der Waals surface area (Å²) >= 11 is 0. The summed E-state index contributed by atoms with van der Waals surface area (Å²) < 4.78 is 0. The highest BCUT2D eigenvalue weighted by Gasteiger charge is 2.14. The molecule has 0 heterocycles. The van der Waals surface area contributed by atoms with Gasteiger partial charge in [0.25, 0.3) is 0 Å². The van der Waals surface area contributed by atoms with E-state index in [1.54, 1.807) is 0 Å². The Hall–Kier alpha value is -0.790. The minimum atomic E-state index is 0.899. The molecular formula is C9H15NO. The van der Waals surface area contributed by atoms with Crippen LogP contribution in [-0.4, -0.2) is 10.9 Å². The van der Waals surface area contributed by atoms with Gasteiger partial charge in [0.15, 0.2) is 0 Å². The standard InChI is InChI=1S/C9H15NO/c1-7(2)8-5-3-4-6-9(8)10-11/h11H,3-6H2,1-2H3. The Morgan fingerprint density at radius 3 is 2.36 bits per heavy atom. The molecule has 0 aromatic heterocycles. The molecule has 2 nitrogen and oxygen atoms in total. The molecule has 1 rings (SSSR count). The molecule has 0 aromatic carbocycles. The average Bonchev–Trinajstić information content (AvgIpc) is 2.04. The lowest BCUT2D eigenvalue weighted by atomic mass is 9.90. The number of hydrogen-bond acceptors (Lipinski definition) is 2. The largest absolute Gasteiger partial charge is 0.411 e. The van der Waals surface area contributed by atoms with Crippen molar-refractivity contribution in [2.45, 2.75) is 39.5 Å². The van der Waals surface area contributed by atoms with Gasteiger partial charge < -0.3 is 5.21 Å². The molecule has 1 saturated carbocycles. The highest BCUT2D eigenvalue weighted by molar-refractivity contribution is 6.00. The van der Waals surface area contributed by atoms with E-state index in [0.717, 1.165) is 25.0 Å². The van der Waals surface area contributed by atoms with E-state index in [-0.39, 0.29) is 0 Å². The Balaban J connectivity index is 2.84. The summed E-state index contributed by atoms with van der Waals surface area (Å²) in [6.07, 6.45) is 4.43. The minimum absolute atomic E-state index is 0.899. The molecule has 0 amide bonds. The maximum absolute atomic E-state index is 8.66. The third kappa shape index (κ3) is 1.82. The summed E-state index contributed by atoms with van der Waals surface area (Å²) in [5.41, 5.74) is 3.45. The molecule has 0 radical (unpaired) electrons. The molecular weight excluding hydrogens is 138 g/mol. The molecule has 1 aliphatic rings. The predicted octanol–water partition coefficient (Wildman–Crippen LogP) is 2.73. The van der Waals surface area contributed by atoms with Crippen LogP contribution in [0.1, 0.15) is 39.5 Å². The summed E-state index contributed by atoms with van der Waals surface area (Å²) in [6.45, 7) is 4.15. The van der Waals surface area contributed by atoms with Crippen LogP contribution in [0.25, 0.3) is 0 Å². The van der Waals surface area contributed by atoms with Crippen molar-refractivity contribution in [1.29, 1.82) is 0 Å². The third-order valence-electron chi connectivity index (χ3n) is 2.16. The van der Waals surface area contributed by atoms with Crippen molar-refractivity contribution in [2.75, 3.05) is 0 Å². The average molecular weight is 153 g/mol. The Morgan fingerprint density at radius 2 is 1.91 bits per heavy atom. The Bertz CT molecular complexity index is 200. The van der Waals surface area contributed by atoms with Gasteiger partial charge in [-0.05, 0) is 45.1 Å². The maximum atomic E-state index is 8.66. The monoisotopic (exact) mass is 153 g/mol. The molecule has 1 fully saturated rings. The molecule has 1 N–H and O–H groups in total. The van der Waals surface area contributed by atoms with E-state index in [4.69, 9.17) is 5.21 Å². The van der Waals surface area contributed by atoms with E-state index in [9.17, 15) is 0 Å². The molecule has 0 atom stereocenters. The lowest BCUT2D eigenvalue weighted by molar-refractivity contribution is 0.316. The van der Waals surface area contributed by atoms with E-state index < -0.39 is 0 Å². The van der Waals surface area contributed by atoms with Crippen LogP contribution in [0.4, 0.5) is 0 Å². The van der Waals surface area contributed by atoms with Gasteiger partial charge in [0, 0.05) is 0 Å². The Labute approximate surface area is 67.6 Å². The quantitative estimate of drug-likeness (QED) is 0.421. The summed E-state index contributed by atoms with van der Waals surface area (Å²) in [6, 6.07) is 0. The molecule has 1 aliphatic carbocycles. The van der Waals surface area contributed by atoms with Gasteiger partial charge >= 0.3 is 0 Å². The predicted molar refractivity (Wildman–Crippen MR) is 46.1 cm³/mol. The van der Waals surface area contributed by atoms with Crippen LogP contribution >= 0.6 is 0 Å². The summed E-state index contributed by atoms with van der Waals surface area (Å²) in [4.78, 5) is 0. The number of oxime groups is 1. The molecule has 2 heteroatoms. The first-order valence-corrected chi connectivity index (χ1v) is 4.13. The first-order valence-electron chi connectivity index (χ1n) is 4.13. The highest BCUT2D eigenvalue weighted by Crippen LogP contribution is 2.23. The van der Waals surface area contributed by atoms with Crippen molar-refractivity contribution in [3.63, 3.8) is 0 Å². The van der Waals surface area contributed by atoms with Crippen molar-refractivity contribution in [3.05, 3.63) is 11.1 Å². The zero-order chi connectivity index (χ0) is 8.27. The van der Waals surface area contributed by atoms with Gasteiger partial charge in [0.05, 0.1) is 5.71 Å². The van der Waals surface area contributed by atoms with Gasteiger partial charge in [-0.25, -0.2) is 0 Å². The van der Waals surface area contributed by atoms with Crippen LogP contribution in [0.3, 0.4) is 0 Å². The minimum Gasteiger partial charge on any atom is -0.411 e. The molecule has 11 heavy (non-hydrogen) atoms. The number of allylic oxidation sites excluding steroid dienone is 2. The van der Waals surface area contributed by atoms with Crippen molar-refractivity contribution in [3.8, 4) is 0 Å². The molecule has 0 bridgehead atoms. The van der Waals surface area contributed by atoms with Crippen molar-refractivity contribution < 1.29 is 5.21 Å². The first kappa shape index (κ1) is 8.31. The summed E-state index contributed by atoms with van der Waals surface area (Å²) in [7, 11) is 0. The van der Waals surface area contributed by atoms with Gasteiger partial charge in [-0.1, -0.05) is 10.7 Å². The first-order chi connectivity index (χ1) is 5.25. The van der Waals surface area contributed by atoms with Crippen LogP contribution in [0.15, 0.2) is 16.3 Å². The summed E-state index contributed by atoms with van der Waals surface area (Å²) in [5.74, 6) is 0. The molecule has 0 aliphatic heterocycles. The molecule has 0 saturated heterocycles. The normalized spacial score (nSPS) is 22.4. The van der Waals surface area contributed by atoms with Crippen LogP contribution < -0.4 is 0 Å². The van der Waals surface area contributed by atoms with E-state index >= 15 is 0 Å². The second kappa shape index (κ2) is 3.56. The molecule has 0 spiro atoms. The summed E-state index contributed by atoms with van der Waals surface area (Å²) in [5, 5.41) is 12.0. The van der Waals surface area contributed by atoms with Crippen LogP contribution in [-0.2, 0) is 0 Å². The van der Waals surface area contributed by atoms with Crippen LogP contribution in [0.5, 0.6) is 0 Å². The molecule has 0 unspecified atom stereocenters. The topological polar surface area (TPSA) is 32.6 Å². The van der Waals surface area contributed by atoms with E-state index in [1.807, 2.05) is 0 Å². The number of nitrogens with zero attached hydrogens (tertiary/aromatic N) is 1. The van der Waals surface area contributed by atoms with Gasteiger partial charge in [-0.3, -0.25) is 0 Å². The fourth-order valence-electron chi connectivity index (χ4n) is 1.54. The third-order valence-corrected chi connectivity index (χ3v) is 2.16. The molecule has 62 valence electrons. The van der Waals surface area contributed by atoms with Gasteiger partial charge in [-0.15, -0.1) is 0 Å². The fraction of sp³-hybridized carbons (Fsp3) is 0.667. The second-order valence-corrected chi connectivity index (χ2v) is 3.23. The Kier molecular flexibility index (Phi) is 2.69. The second-order valence-electron chi connectivity index (χ2n) is 3.23. The lowest BCUT2D eigenvalue weighted by Crippen LogP contribution is -2.10. The number of rotatable bonds is 0. The Morgan fingerprint density at radius 1 is 1.27 bits per heavy atom. The SMILES string of the molecule is CC(C)=C1CCCCC1=NO. The zero-order valence-electron chi connectivity index (χ0n) is 7.22. The smallest absolute Gasteiger partial charge is 0.0826 e. The van der Waals surface area contributed by atoms with Crippen LogP contribution in [0, 0.1) is 0 Å². The highest BCUT2D eigenvalue weighted by atomic mass is 16.4. The number of hydrogen-bond donors (Lipinski definition) is 1. The fourth-order valence-corrected chi connectivity index (χ4v) is 1.54. The van der Waals surface area contributed by atoms with E-state index in [1.165, 1.54) is 17.6 Å². The van der Waals surface area contributed by atoms with Gasteiger partial charge in [0.1, 0.15) is 0 Å². The zero-order valence-corrected chi connectivity index (χ0v) is 7.22. The van der Waals surface area contributed by atoms with Crippen molar-refractivity contribution in [1.82, 2.24) is 0 Å². The van der Waals surface area contributed by atoms with Crippen LogP contribution in [0.2, 0.25) is 0 Å². The van der Waals surface area contributed by atoms with Crippen molar-refractivity contribution >= 4 is 5.71 Å². The van der Waals surface area contributed by atoms with Gasteiger partial charge in [-0.2, -0.15) is 0 Å².